The Kier molecular flexibility index (Phi) is 10.4. The van der Waals surface area contributed by atoms with E-state index in [1.165, 1.54) is 0 Å². The highest BCUT2D eigenvalue weighted by molar-refractivity contribution is 5.86. The van der Waals surface area contributed by atoms with Gasteiger partial charge in [-0.2, -0.15) is 5.26 Å². The molecular weight excluding hydrogens is 486 g/mol. The van der Waals surface area contributed by atoms with Crippen LogP contribution in [0.15, 0.2) is 72.8 Å². The standard InChI is InChI=1S/C28H29N3O3.CH2O3/c1-33-26-17-22(13-16-25(26)34-19-21-7-3-2-4-8-21)27(28(32)31-23-9-5-6-10-23)30-24-14-11-20(18-29)12-15-24;2-1(3)4/h2-4,7-8,11-17,23,27,30H,5-6,9-10,19H2,1H3,(H,31,32);(H2,2,3,4). The zero-order valence-electron chi connectivity index (χ0n) is 21.1. The third kappa shape index (κ3) is 8.45. The Morgan fingerprint density at radius 3 is 2.26 bits per heavy atom. The van der Waals surface area contributed by atoms with E-state index < -0.39 is 12.2 Å². The molecule has 198 valence electrons. The van der Waals surface area contributed by atoms with E-state index in [9.17, 15) is 4.79 Å². The number of nitrogens with zero attached hydrogens (tertiary/aromatic N) is 1. The Bertz CT molecular complexity index is 1230. The van der Waals surface area contributed by atoms with E-state index in [2.05, 4.69) is 16.7 Å². The van der Waals surface area contributed by atoms with E-state index in [1.54, 1.807) is 19.2 Å². The molecule has 38 heavy (non-hydrogen) atoms. The summed E-state index contributed by atoms with van der Waals surface area (Å²) in [5.41, 5.74) is 3.15. The molecule has 4 rings (SSSR count). The number of rotatable bonds is 9. The Labute approximate surface area is 221 Å². The zero-order chi connectivity index (χ0) is 27.3. The number of carboxylic acid groups (broad SMARTS) is 2. The first-order valence-electron chi connectivity index (χ1n) is 12.2. The molecule has 9 heteroatoms. The molecule has 1 fully saturated rings. The van der Waals surface area contributed by atoms with Gasteiger partial charge in [0.25, 0.3) is 0 Å². The SMILES string of the molecule is COc1cc(C(Nc2ccc(C#N)cc2)C(=O)NC2CCCC2)ccc1OCc1ccccc1.O=C(O)O. The first-order valence-corrected chi connectivity index (χ1v) is 12.2. The zero-order valence-corrected chi connectivity index (χ0v) is 21.1. The van der Waals surface area contributed by atoms with Gasteiger partial charge >= 0.3 is 6.16 Å². The molecule has 0 saturated heterocycles. The molecule has 0 heterocycles. The van der Waals surface area contributed by atoms with Gasteiger partial charge in [-0.15, -0.1) is 0 Å². The van der Waals surface area contributed by atoms with Crippen molar-refractivity contribution in [3.8, 4) is 17.6 Å². The fraction of sp³-hybridized carbons (Fsp3) is 0.276. The molecule has 1 saturated carbocycles. The molecule has 0 aromatic heterocycles. The fourth-order valence-corrected chi connectivity index (χ4v) is 4.18. The topological polar surface area (TPSA) is 141 Å². The Morgan fingerprint density at radius 2 is 1.66 bits per heavy atom. The maximum Gasteiger partial charge on any atom is 0.503 e. The molecule has 1 amide bonds. The summed E-state index contributed by atoms with van der Waals surface area (Å²) >= 11 is 0. The van der Waals surface area contributed by atoms with Crippen molar-refractivity contribution in [2.45, 2.75) is 44.4 Å². The molecule has 0 spiro atoms. The lowest BCUT2D eigenvalue weighted by atomic mass is 10.0. The fourth-order valence-electron chi connectivity index (χ4n) is 4.18. The maximum absolute atomic E-state index is 13.3. The van der Waals surface area contributed by atoms with Crippen LogP contribution in [0.3, 0.4) is 0 Å². The van der Waals surface area contributed by atoms with Crippen LogP contribution >= 0.6 is 0 Å². The average molecular weight is 518 g/mol. The quantitative estimate of drug-likeness (QED) is 0.288. The maximum atomic E-state index is 13.3. The van der Waals surface area contributed by atoms with Crippen LogP contribution in [0, 0.1) is 11.3 Å². The van der Waals surface area contributed by atoms with E-state index in [0.717, 1.165) is 42.5 Å². The van der Waals surface area contributed by atoms with Gasteiger partial charge in [-0.25, -0.2) is 4.79 Å². The number of hydrogen-bond acceptors (Lipinski definition) is 6. The van der Waals surface area contributed by atoms with Crippen LogP contribution in [0.25, 0.3) is 0 Å². The molecule has 0 bridgehead atoms. The first kappa shape index (κ1) is 27.9. The summed E-state index contributed by atoms with van der Waals surface area (Å²) in [6.45, 7) is 0.422. The third-order valence-electron chi connectivity index (χ3n) is 6.05. The number of hydrogen-bond donors (Lipinski definition) is 4. The van der Waals surface area contributed by atoms with Crippen molar-refractivity contribution in [1.82, 2.24) is 5.32 Å². The van der Waals surface area contributed by atoms with Crippen LogP contribution in [-0.2, 0) is 11.4 Å². The lowest BCUT2D eigenvalue weighted by Gasteiger charge is -2.23. The van der Waals surface area contributed by atoms with Gasteiger partial charge in [0.15, 0.2) is 11.5 Å². The highest BCUT2D eigenvalue weighted by Crippen LogP contribution is 2.33. The molecule has 1 aliphatic rings. The van der Waals surface area contributed by atoms with Crippen molar-refractivity contribution in [3.63, 3.8) is 0 Å². The summed E-state index contributed by atoms with van der Waals surface area (Å²) < 4.78 is 11.6. The molecule has 1 atom stereocenters. The minimum Gasteiger partial charge on any atom is -0.493 e. The highest BCUT2D eigenvalue weighted by Gasteiger charge is 2.26. The van der Waals surface area contributed by atoms with Crippen molar-refractivity contribution in [3.05, 3.63) is 89.5 Å². The second-order valence-electron chi connectivity index (χ2n) is 8.72. The Morgan fingerprint density at radius 1 is 1.00 bits per heavy atom. The van der Waals surface area contributed by atoms with Crippen molar-refractivity contribution in [1.29, 1.82) is 5.26 Å². The summed E-state index contributed by atoms with van der Waals surface area (Å²) in [5.74, 6) is 1.09. The number of methoxy groups -OCH3 is 1. The minimum atomic E-state index is -1.83. The van der Waals surface area contributed by atoms with Gasteiger partial charge < -0.3 is 30.3 Å². The monoisotopic (exact) mass is 517 g/mol. The van der Waals surface area contributed by atoms with Gasteiger partial charge in [0, 0.05) is 11.7 Å². The van der Waals surface area contributed by atoms with Crippen LogP contribution in [0.5, 0.6) is 11.5 Å². The smallest absolute Gasteiger partial charge is 0.493 e. The molecule has 3 aromatic rings. The number of ether oxygens (including phenoxy) is 2. The molecule has 3 aromatic carbocycles. The molecule has 0 radical (unpaired) electrons. The summed E-state index contributed by atoms with van der Waals surface area (Å²) in [5, 5.41) is 29.5. The second kappa shape index (κ2) is 14.1. The van der Waals surface area contributed by atoms with E-state index >= 15 is 0 Å². The lowest BCUT2D eigenvalue weighted by Crippen LogP contribution is -2.39. The van der Waals surface area contributed by atoms with E-state index in [0.29, 0.717) is 23.7 Å². The predicted molar refractivity (Wildman–Crippen MR) is 142 cm³/mol. The number of carbonyl (C=O) groups is 2. The first-order chi connectivity index (χ1) is 18.4. The second-order valence-corrected chi connectivity index (χ2v) is 8.72. The van der Waals surface area contributed by atoms with Crippen molar-refractivity contribution in [2.75, 3.05) is 12.4 Å². The number of carbonyl (C=O) groups excluding carboxylic acids is 1. The summed E-state index contributed by atoms with van der Waals surface area (Å²) in [6.07, 6.45) is 2.45. The van der Waals surface area contributed by atoms with E-state index in [4.69, 9.17) is 29.7 Å². The number of benzene rings is 3. The van der Waals surface area contributed by atoms with Crippen LogP contribution in [0.1, 0.15) is 48.4 Å². The van der Waals surface area contributed by atoms with Crippen LogP contribution in [0.4, 0.5) is 10.5 Å². The Balaban J connectivity index is 0.000000934. The predicted octanol–water partition coefficient (Wildman–Crippen LogP) is 5.58. The van der Waals surface area contributed by atoms with E-state index in [-0.39, 0.29) is 11.9 Å². The number of anilines is 1. The molecule has 0 aliphatic heterocycles. The van der Waals surface area contributed by atoms with Crippen molar-refractivity contribution >= 4 is 17.7 Å². The number of nitrogens with one attached hydrogen (secondary N) is 2. The van der Waals surface area contributed by atoms with Crippen molar-refractivity contribution in [2.24, 2.45) is 0 Å². The molecule has 9 nitrogen and oxygen atoms in total. The van der Waals surface area contributed by atoms with Gasteiger partial charge in [0.05, 0.1) is 18.7 Å². The minimum absolute atomic E-state index is 0.0868. The van der Waals surface area contributed by atoms with Gasteiger partial charge in [-0.1, -0.05) is 49.2 Å². The molecule has 1 unspecified atom stereocenters. The third-order valence-corrected chi connectivity index (χ3v) is 6.05. The lowest BCUT2D eigenvalue weighted by molar-refractivity contribution is -0.122. The Hall–Kier alpha value is -4.71. The summed E-state index contributed by atoms with van der Waals surface area (Å²) in [7, 11) is 1.59. The van der Waals surface area contributed by atoms with Crippen LogP contribution in [0.2, 0.25) is 0 Å². The van der Waals surface area contributed by atoms with Crippen LogP contribution in [-0.4, -0.2) is 35.4 Å². The van der Waals surface area contributed by atoms with Crippen LogP contribution < -0.4 is 20.1 Å². The number of nitriles is 1. The summed E-state index contributed by atoms with van der Waals surface area (Å²) in [6, 6.07) is 24.3. The van der Waals surface area contributed by atoms with Gasteiger partial charge in [0.1, 0.15) is 12.6 Å². The summed E-state index contributed by atoms with van der Waals surface area (Å²) in [4.78, 5) is 21.9. The van der Waals surface area contributed by atoms with E-state index in [1.807, 2.05) is 60.7 Å². The number of amides is 1. The average Bonchev–Trinajstić information content (AvgIpc) is 3.44. The van der Waals surface area contributed by atoms with Gasteiger partial charge in [-0.05, 0) is 60.4 Å². The largest absolute Gasteiger partial charge is 0.503 e. The molecule has 1 aliphatic carbocycles. The van der Waals surface area contributed by atoms with Crippen molar-refractivity contribution < 1.29 is 29.3 Å². The normalized spacial score (nSPS) is 13.3. The molecular formula is C29H31N3O6. The van der Waals surface area contributed by atoms with Gasteiger partial charge in [0.2, 0.25) is 5.91 Å². The van der Waals surface area contributed by atoms with Gasteiger partial charge in [-0.3, -0.25) is 4.79 Å². The molecule has 4 N–H and O–H groups in total. The highest BCUT2D eigenvalue weighted by atomic mass is 16.6.